The first-order valence-electron chi connectivity index (χ1n) is 38.6. The molecule has 114 heavy (non-hydrogen) atoms. The van der Waals surface area contributed by atoms with E-state index in [1.807, 2.05) is 157 Å². The third-order valence-electron chi connectivity index (χ3n) is 19.9. The molecule has 0 spiro atoms. The van der Waals surface area contributed by atoms with Crippen LogP contribution in [-0.4, -0.2) is 58.5 Å². The second-order valence-corrected chi connectivity index (χ2v) is 33.7. The predicted molar refractivity (Wildman–Crippen MR) is 465 cm³/mol. The fraction of sp³-hybridized carbons (Fsp3) is 0.302. The zero-order valence-corrected chi connectivity index (χ0v) is 69.9. The van der Waals surface area contributed by atoms with Crippen LogP contribution >= 0.6 is 34.8 Å². The Balaban J connectivity index is 0.000000169. The van der Waals surface area contributed by atoms with Gasteiger partial charge in [-0.05, 0) is 157 Å². The molecule has 2 amide bonds. The molecule has 18 heteroatoms. The zero-order chi connectivity index (χ0) is 82.5. The summed E-state index contributed by atoms with van der Waals surface area (Å²) in [5.74, 6) is 2.82. The second kappa shape index (κ2) is 37.6. The average Bonchev–Trinajstić information content (AvgIpc) is 1.71. The molecule has 1 aliphatic heterocycles. The summed E-state index contributed by atoms with van der Waals surface area (Å²) in [7, 11) is 0. The minimum absolute atomic E-state index is 0.00491. The van der Waals surface area contributed by atoms with Crippen LogP contribution in [0.1, 0.15) is 195 Å². The van der Waals surface area contributed by atoms with Crippen LogP contribution in [0, 0.1) is 38.5 Å². The van der Waals surface area contributed by atoms with Crippen molar-refractivity contribution >= 4 is 91.6 Å². The minimum atomic E-state index is -0.817. The lowest BCUT2D eigenvalue weighted by Crippen LogP contribution is -2.51. The van der Waals surface area contributed by atoms with Crippen molar-refractivity contribution in [3.05, 3.63) is 348 Å². The Morgan fingerprint density at radius 1 is 0.500 bits per heavy atom. The van der Waals surface area contributed by atoms with Crippen LogP contribution in [0.2, 0.25) is 15.1 Å². The molecule has 3 aromatic heterocycles. The highest BCUT2D eigenvalue weighted by Crippen LogP contribution is 2.40. The van der Waals surface area contributed by atoms with Crippen molar-refractivity contribution in [2.24, 2.45) is 28.5 Å². The van der Waals surface area contributed by atoms with E-state index in [-0.39, 0.29) is 69.5 Å². The molecule has 4 heterocycles. The number of nitrogens with one attached hydrogen (secondary N) is 3. The van der Waals surface area contributed by atoms with Crippen LogP contribution in [0.4, 0.5) is 0 Å². The first kappa shape index (κ1) is 85.9. The van der Waals surface area contributed by atoms with Crippen molar-refractivity contribution in [2.45, 2.75) is 158 Å². The second-order valence-electron chi connectivity index (χ2n) is 32.4. The van der Waals surface area contributed by atoms with Gasteiger partial charge in [0, 0.05) is 105 Å². The van der Waals surface area contributed by atoms with Gasteiger partial charge in [0.2, 0.25) is 0 Å². The topological polar surface area (TPSA) is 220 Å². The molecule has 592 valence electrons. The SMILES string of the molecule is CC(C)C(N)c1oc2cc(Cl)ccc2c(=O)c1Cc1ccccc1.Cc1ccc(C(=O)NC(C)(C)C=O)cc1.Cc1ccc(C(=O)NC(C)(C)CNC(c2oc3cc(Cl)ccc3c(=O)c2Cc2ccccc2)C(C)C)cc1.Cc1ccc(C2=NC(C)(C)CN2C(c2oc3cc(Cl)ccc3c(=O)c2Cc2ccccc2)C(C)C)cc1. The molecular weight excluding hydrogens is 1490 g/mol. The van der Waals surface area contributed by atoms with E-state index >= 15 is 0 Å². The molecule has 0 saturated carbocycles. The Hall–Kier alpha value is -10.5. The fourth-order valence-electron chi connectivity index (χ4n) is 13.7. The Kier molecular flexibility index (Phi) is 28.4. The monoisotopic (exact) mass is 1590 g/mol. The molecule has 15 nitrogen and oxygen atoms in total. The normalized spacial score (nSPS) is 13.5. The number of aryl methyl sites for hydroxylation is 3. The van der Waals surface area contributed by atoms with E-state index in [9.17, 15) is 28.8 Å². The van der Waals surface area contributed by atoms with Crippen LogP contribution in [-0.2, 0) is 24.1 Å². The number of rotatable bonds is 22. The fourth-order valence-corrected chi connectivity index (χ4v) is 14.2. The lowest BCUT2D eigenvalue weighted by molar-refractivity contribution is -0.112. The van der Waals surface area contributed by atoms with E-state index in [4.69, 9.17) is 58.8 Å². The van der Waals surface area contributed by atoms with Crippen molar-refractivity contribution < 1.29 is 27.6 Å². The maximum Gasteiger partial charge on any atom is 0.252 e. The van der Waals surface area contributed by atoms with Gasteiger partial charge in [-0.3, -0.25) is 29.0 Å². The summed E-state index contributed by atoms with van der Waals surface area (Å²) in [4.78, 5) is 83.4. The lowest BCUT2D eigenvalue weighted by Gasteiger charge is -2.35. The van der Waals surface area contributed by atoms with Gasteiger partial charge in [-0.15, -0.1) is 0 Å². The van der Waals surface area contributed by atoms with Gasteiger partial charge in [0.15, 0.2) is 16.3 Å². The van der Waals surface area contributed by atoms with E-state index in [0.29, 0.717) is 119 Å². The number of amides is 2. The van der Waals surface area contributed by atoms with Crippen LogP contribution < -0.4 is 38.0 Å². The Morgan fingerprint density at radius 3 is 1.25 bits per heavy atom. The number of carbonyl (C=O) groups is 3. The highest BCUT2D eigenvalue weighted by molar-refractivity contribution is 6.32. The predicted octanol–water partition coefficient (Wildman–Crippen LogP) is 20.8. The lowest BCUT2D eigenvalue weighted by atomic mass is 9.91. The summed E-state index contributed by atoms with van der Waals surface area (Å²) in [5, 5.41) is 12.5. The van der Waals surface area contributed by atoms with E-state index in [0.717, 1.165) is 52.0 Å². The van der Waals surface area contributed by atoms with E-state index in [2.05, 4.69) is 106 Å². The summed E-state index contributed by atoms with van der Waals surface area (Å²) in [6, 6.07) is 67.8. The number of nitrogens with zero attached hydrogens (tertiary/aromatic N) is 2. The third-order valence-corrected chi connectivity index (χ3v) is 20.6. The molecule has 0 saturated heterocycles. The number of hydrogen-bond donors (Lipinski definition) is 4. The number of aldehydes is 1. The van der Waals surface area contributed by atoms with E-state index < -0.39 is 11.1 Å². The van der Waals surface area contributed by atoms with Gasteiger partial charge in [0.1, 0.15) is 46.2 Å². The molecule has 0 bridgehead atoms. The van der Waals surface area contributed by atoms with Crippen molar-refractivity contribution in [1.82, 2.24) is 20.9 Å². The zero-order valence-electron chi connectivity index (χ0n) is 67.6. The van der Waals surface area contributed by atoms with E-state index in [1.54, 1.807) is 80.6 Å². The number of aliphatic imine (C=N–C) groups is 1. The Bertz CT molecular complexity index is 5580. The summed E-state index contributed by atoms with van der Waals surface area (Å²) in [6.45, 7) is 31.4. The maximum atomic E-state index is 14.0. The van der Waals surface area contributed by atoms with E-state index in [1.165, 1.54) is 5.56 Å². The first-order chi connectivity index (χ1) is 54.1. The van der Waals surface area contributed by atoms with Crippen LogP contribution in [0.25, 0.3) is 32.9 Å². The number of amidine groups is 1. The molecule has 12 aromatic rings. The number of benzene rings is 9. The highest BCUT2D eigenvalue weighted by Gasteiger charge is 2.41. The van der Waals surface area contributed by atoms with Crippen LogP contribution in [0.3, 0.4) is 0 Å². The summed E-state index contributed by atoms with van der Waals surface area (Å²) in [5.41, 5.74) is 16.8. The molecule has 0 fully saturated rings. The number of carbonyl (C=O) groups excluding carboxylic acids is 3. The number of halogens is 3. The minimum Gasteiger partial charge on any atom is -0.459 e. The molecule has 13 rings (SSSR count). The quantitative estimate of drug-likeness (QED) is 0.0466. The molecule has 0 aliphatic carbocycles. The molecule has 9 aromatic carbocycles. The van der Waals surface area contributed by atoms with Crippen LogP contribution in [0.15, 0.2) is 251 Å². The van der Waals surface area contributed by atoms with Gasteiger partial charge in [-0.25, -0.2) is 0 Å². The Morgan fingerprint density at radius 2 is 0.868 bits per heavy atom. The highest BCUT2D eigenvalue weighted by atomic mass is 35.5. The maximum absolute atomic E-state index is 14.0. The molecule has 0 radical (unpaired) electrons. The number of fused-ring (bicyclic) bond motifs is 3. The largest absolute Gasteiger partial charge is 0.459 e. The number of hydrogen-bond acceptors (Lipinski definition) is 13. The standard InChI is InChI=1S/C32H35ClN2O3.C32H33ClN2O2.C20H20ClNO2.C12H15NO2/c1-20(2)28(34-19-32(4,5)35-31(37)23-13-11-21(3)12-14-23)30-26(17-22-9-7-6-8-10-22)29(36)25-16-15-24(33)18-27(25)38-30;1-20(2)28(35-19-32(4,5)34-31(35)23-13-11-21(3)12-14-23)30-26(17-22-9-7-6-8-10-22)29(36)25-16-15-24(33)18-27(25)37-30;1-12(2)18(22)20-16(10-13-6-4-3-5-7-13)19(23)15-9-8-14(21)11-17(15)24-20;1-9-4-6-10(7-5-9)11(15)13-12(2,3)8-14/h6-16,18,20,28,34H,17,19H2,1-5H3,(H,35,37);6-16,18,20,28H,17,19H2,1-5H3;3-9,11-12,18H,10,22H2,1-2H3;4-8H,1-3H3,(H,13,15). The molecule has 3 atom stereocenters. The first-order valence-corrected chi connectivity index (χ1v) is 39.8. The van der Waals surface area contributed by atoms with Gasteiger partial charge < -0.3 is 44.6 Å². The van der Waals surface area contributed by atoms with Gasteiger partial charge >= 0.3 is 0 Å². The Labute approximate surface area is 683 Å². The summed E-state index contributed by atoms with van der Waals surface area (Å²) < 4.78 is 19.1. The molecule has 3 unspecified atom stereocenters. The number of nitrogens with two attached hydrogens (primary N) is 1. The van der Waals surface area contributed by atoms with Crippen molar-refractivity contribution in [3.63, 3.8) is 0 Å². The van der Waals surface area contributed by atoms with Crippen molar-refractivity contribution in [3.8, 4) is 0 Å². The molecular formula is C96H103Cl3N6O9. The summed E-state index contributed by atoms with van der Waals surface area (Å²) in [6.07, 6.45) is 2.17. The van der Waals surface area contributed by atoms with Gasteiger partial charge in [0.25, 0.3) is 11.8 Å². The average molecular weight is 1590 g/mol. The van der Waals surface area contributed by atoms with Crippen molar-refractivity contribution in [1.29, 1.82) is 0 Å². The van der Waals surface area contributed by atoms with Gasteiger partial charge in [-0.2, -0.15) is 0 Å². The summed E-state index contributed by atoms with van der Waals surface area (Å²) >= 11 is 18.6. The smallest absolute Gasteiger partial charge is 0.252 e. The molecule has 5 N–H and O–H groups in total. The third kappa shape index (κ3) is 22.1. The van der Waals surface area contributed by atoms with Gasteiger partial charge in [0.05, 0.1) is 45.4 Å². The molecule has 1 aliphatic rings. The van der Waals surface area contributed by atoms with Crippen LogP contribution in [0.5, 0.6) is 0 Å². The van der Waals surface area contributed by atoms with Crippen molar-refractivity contribution in [2.75, 3.05) is 13.1 Å². The van der Waals surface area contributed by atoms with Gasteiger partial charge in [-0.1, -0.05) is 233 Å².